The summed E-state index contributed by atoms with van der Waals surface area (Å²) in [6.45, 7) is 6.84. The molecule has 3 aromatic rings. The van der Waals surface area contributed by atoms with Crippen LogP contribution in [0.25, 0.3) is 11.1 Å². The summed E-state index contributed by atoms with van der Waals surface area (Å²) in [5.74, 6) is 0. The van der Waals surface area contributed by atoms with Crippen molar-refractivity contribution in [1.29, 1.82) is 0 Å². The zero-order valence-electron chi connectivity index (χ0n) is 15.1. The average Bonchev–Trinajstić information content (AvgIpc) is 2.85. The zero-order valence-corrected chi connectivity index (χ0v) is 16.1. The van der Waals surface area contributed by atoms with Crippen LogP contribution in [0.5, 0.6) is 0 Å². The molecule has 1 aliphatic rings. The Hall–Kier alpha value is -2.16. The predicted octanol–water partition coefficient (Wildman–Crippen LogP) is 6.00. The summed E-state index contributed by atoms with van der Waals surface area (Å²) < 4.78 is 6.98. The standard InChI is InChI=1S/C23H24OSi/c1-25(2,3)24-23(17-18-11-5-4-6-12-18)21-15-9-7-13-19(21)20-14-8-10-16-22(20)23/h4-16H,17H2,1-3H3. The van der Waals surface area contributed by atoms with Crippen LogP contribution < -0.4 is 0 Å². The summed E-state index contributed by atoms with van der Waals surface area (Å²) in [5.41, 5.74) is 6.16. The molecule has 0 unspecified atom stereocenters. The van der Waals surface area contributed by atoms with Gasteiger partial charge in [0.25, 0.3) is 0 Å². The Morgan fingerprint density at radius 1 is 0.680 bits per heavy atom. The van der Waals surface area contributed by atoms with E-state index in [1.807, 2.05) is 0 Å². The van der Waals surface area contributed by atoms with Gasteiger partial charge in [-0.1, -0.05) is 78.9 Å². The summed E-state index contributed by atoms with van der Waals surface area (Å²) in [6.07, 6.45) is 0.867. The summed E-state index contributed by atoms with van der Waals surface area (Å²) >= 11 is 0. The monoisotopic (exact) mass is 344 g/mol. The third-order valence-electron chi connectivity index (χ3n) is 4.79. The first kappa shape index (κ1) is 16.3. The molecule has 2 heteroatoms. The van der Waals surface area contributed by atoms with Crippen LogP contribution in [0.4, 0.5) is 0 Å². The largest absolute Gasteiger partial charge is 0.404 e. The molecule has 0 heterocycles. The molecule has 0 saturated heterocycles. The highest BCUT2D eigenvalue weighted by Gasteiger charge is 2.46. The minimum Gasteiger partial charge on any atom is -0.404 e. The topological polar surface area (TPSA) is 9.23 Å². The van der Waals surface area contributed by atoms with Gasteiger partial charge in [0.15, 0.2) is 8.32 Å². The van der Waals surface area contributed by atoms with Gasteiger partial charge >= 0.3 is 0 Å². The number of fused-ring (bicyclic) bond motifs is 3. The highest BCUT2D eigenvalue weighted by Crippen LogP contribution is 2.52. The van der Waals surface area contributed by atoms with Crippen LogP contribution in [0.3, 0.4) is 0 Å². The zero-order chi connectivity index (χ0) is 17.5. The van der Waals surface area contributed by atoms with Crippen LogP contribution >= 0.6 is 0 Å². The molecule has 0 aliphatic heterocycles. The second-order valence-electron chi connectivity index (χ2n) is 7.79. The third kappa shape index (κ3) is 2.86. The van der Waals surface area contributed by atoms with E-state index in [2.05, 4.69) is 98.5 Å². The first-order valence-corrected chi connectivity index (χ1v) is 12.3. The third-order valence-corrected chi connectivity index (χ3v) is 5.75. The lowest BCUT2D eigenvalue weighted by Crippen LogP contribution is -2.42. The van der Waals surface area contributed by atoms with Gasteiger partial charge in [0.2, 0.25) is 0 Å². The van der Waals surface area contributed by atoms with E-state index < -0.39 is 8.32 Å². The van der Waals surface area contributed by atoms with E-state index in [0.717, 1.165) is 6.42 Å². The van der Waals surface area contributed by atoms with Crippen molar-refractivity contribution in [3.05, 3.63) is 95.6 Å². The quantitative estimate of drug-likeness (QED) is 0.527. The lowest BCUT2D eigenvalue weighted by Gasteiger charge is -2.38. The van der Waals surface area contributed by atoms with Crippen molar-refractivity contribution in [3.8, 4) is 11.1 Å². The predicted molar refractivity (Wildman–Crippen MR) is 107 cm³/mol. The Morgan fingerprint density at radius 3 is 1.68 bits per heavy atom. The smallest absolute Gasteiger partial charge is 0.185 e. The number of benzene rings is 3. The molecule has 1 aliphatic carbocycles. The van der Waals surface area contributed by atoms with Gasteiger partial charge in [0.1, 0.15) is 5.60 Å². The normalized spacial score (nSPS) is 14.8. The summed E-state index contributed by atoms with van der Waals surface area (Å²) in [6, 6.07) is 28.2. The van der Waals surface area contributed by atoms with Gasteiger partial charge in [-0.25, -0.2) is 0 Å². The van der Waals surface area contributed by atoms with Crippen molar-refractivity contribution in [2.24, 2.45) is 0 Å². The number of rotatable bonds is 4. The maximum absolute atomic E-state index is 6.98. The van der Waals surface area contributed by atoms with Gasteiger partial charge in [0, 0.05) is 6.42 Å². The lowest BCUT2D eigenvalue weighted by molar-refractivity contribution is 0.107. The van der Waals surface area contributed by atoms with Crippen LogP contribution in [-0.2, 0) is 16.4 Å². The van der Waals surface area contributed by atoms with Crippen molar-refractivity contribution in [1.82, 2.24) is 0 Å². The summed E-state index contributed by atoms with van der Waals surface area (Å²) in [5, 5.41) is 0. The van der Waals surface area contributed by atoms with Gasteiger partial charge < -0.3 is 4.43 Å². The maximum Gasteiger partial charge on any atom is 0.185 e. The molecular formula is C23H24OSi. The first-order valence-electron chi connectivity index (χ1n) is 8.93. The lowest BCUT2D eigenvalue weighted by atomic mass is 9.85. The Labute approximate surface area is 151 Å². The van der Waals surface area contributed by atoms with Gasteiger partial charge in [-0.3, -0.25) is 0 Å². The van der Waals surface area contributed by atoms with Crippen LogP contribution in [0.2, 0.25) is 19.6 Å². The molecular weight excluding hydrogens is 320 g/mol. The van der Waals surface area contributed by atoms with Crippen molar-refractivity contribution in [2.75, 3.05) is 0 Å². The molecule has 0 amide bonds. The molecule has 0 atom stereocenters. The molecule has 0 N–H and O–H groups in total. The summed E-state index contributed by atoms with van der Waals surface area (Å²) in [4.78, 5) is 0. The second-order valence-corrected chi connectivity index (χ2v) is 12.2. The minimum absolute atomic E-state index is 0.390. The molecule has 126 valence electrons. The fourth-order valence-corrected chi connectivity index (χ4v) is 5.37. The van der Waals surface area contributed by atoms with Gasteiger partial charge in [0.05, 0.1) is 0 Å². The Balaban J connectivity index is 1.97. The van der Waals surface area contributed by atoms with Crippen molar-refractivity contribution < 1.29 is 4.43 Å². The Bertz CT molecular complexity index is 848. The van der Waals surface area contributed by atoms with E-state index in [-0.39, 0.29) is 5.60 Å². The molecule has 0 aromatic heterocycles. The van der Waals surface area contributed by atoms with E-state index >= 15 is 0 Å². The minimum atomic E-state index is -1.79. The Kier molecular flexibility index (Phi) is 3.90. The van der Waals surface area contributed by atoms with E-state index in [9.17, 15) is 0 Å². The van der Waals surface area contributed by atoms with Gasteiger partial charge in [-0.15, -0.1) is 0 Å². The molecule has 25 heavy (non-hydrogen) atoms. The van der Waals surface area contributed by atoms with Crippen LogP contribution in [-0.4, -0.2) is 8.32 Å². The molecule has 3 aromatic carbocycles. The summed E-state index contributed by atoms with van der Waals surface area (Å²) in [7, 11) is -1.79. The molecule has 1 nitrogen and oxygen atoms in total. The van der Waals surface area contributed by atoms with Gasteiger partial charge in [-0.2, -0.15) is 0 Å². The number of hydrogen-bond donors (Lipinski definition) is 0. The van der Waals surface area contributed by atoms with Crippen molar-refractivity contribution >= 4 is 8.32 Å². The van der Waals surface area contributed by atoms with Crippen molar-refractivity contribution in [2.45, 2.75) is 31.7 Å². The van der Waals surface area contributed by atoms with E-state index in [4.69, 9.17) is 4.43 Å². The molecule has 4 rings (SSSR count). The van der Waals surface area contributed by atoms with Crippen LogP contribution in [0, 0.1) is 0 Å². The first-order chi connectivity index (χ1) is 12.0. The fourth-order valence-electron chi connectivity index (χ4n) is 4.03. The van der Waals surface area contributed by atoms with Gasteiger partial charge in [-0.05, 0) is 47.5 Å². The Morgan fingerprint density at radius 2 is 1.16 bits per heavy atom. The molecule has 0 radical (unpaired) electrons. The van der Waals surface area contributed by atoms with Crippen molar-refractivity contribution in [3.63, 3.8) is 0 Å². The molecule has 0 spiro atoms. The van der Waals surface area contributed by atoms with E-state index in [0.29, 0.717) is 0 Å². The maximum atomic E-state index is 6.98. The molecule has 0 saturated carbocycles. The highest BCUT2D eigenvalue weighted by atomic mass is 28.4. The fraction of sp³-hybridized carbons (Fsp3) is 0.217. The average molecular weight is 345 g/mol. The van der Waals surface area contributed by atoms with E-state index in [1.165, 1.54) is 27.8 Å². The molecule has 0 bridgehead atoms. The highest BCUT2D eigenvalue weighted by molar-refractivity contribution is 6.69. The second kappa shape index (κ2) is 5.97. The van der Waals surface area contributed by atoms with Crippen LogP contribution in [0.15, 0.2) is 78.9 Å². The van der Waals surface area contributed by atoms with E-state index in [1.54, 1.807) is 0 Å². The number of hydrogen-bond acceptors (Lipinski definition) is 1. The molecule has 0 fully saturated rings. The SMILES string of the molecule is C[Si](C)(C)OC1(Cc2ccccc2)c2ccccc2-c2ccccc21. The van der Waals surface area contributed by atoms with Crippen LogP contribution in [0.1, 0.15) is 16.7 Å².